The van der Waals surface area contributed by atoms with Gasteiger partial charge in [-0.25, -0.2) is 0 Å². The number of unbranched alkanes of at least 4 members (excludes halogenated alkanes) is 45. The van der Waals surface area contributed by atoms with E-state index in [2.05, 4.69) is 31.3 Å². The van der Waals surface area contributed by atoms with Gasteiger partial charge < -0.3 is 20.3 Å². The average Bonchev–Trinajstić information content (AvgIpc) is 3.35. The quantitative estimate of drug-likeness (QED) is 0.0321. The fourth-order valence-corrected chi connectivity index (χ4v) is 9.69. The zero-order valence-corrected chi connectivity index (χ0v) is 46.6. The number of hydrogen-bond acceptors (Lipinski definition) is 5. The minimum absolute atomic E-state index is 0.0145. The molecule has 0 aromatic carbocycles. The lowest BCUT2D eigenvalue weighted by Crippen LogP contribution is -2.45. The van der Waals surface area contributed by atoms with Crippen LogP contribution < -0.4 is 5.32 Å². The summed E-state index contributed by atoms with van der Waals surface area (Å²) in [4.78, 5) is 24.5. The van der Waals surface area contributed by atoms with Crippen molar-refractivity contribution in [3.05, 3.63) is 24.3 Å². The fourth-order valence-electron chi connectivity index (χ4n) is 9.69. The van der Waals surface area contributed by atoms with Gasteiger partial charge in [-0.05, 0) is 57.8 Å². The Bertz CT molecular complexity index is 1080. The van der Waals surface area contributed by atoms with Crippen LogP contribution in [-0.4, -0.2) is 47.4 Å². The third-order valence-corrected chi connectivity index (χ3v) is 14.5. The largest absolute Gasteiger partial charge is 0.466 e. The van der Waals surface area contributed by atoms with Gasteiger partial charge in [-0.3, -0.25) is 9.59 Å². The SMILES string of the molecule is CCCCCCC/C=C\CCCCCCCC(=O)OCCCCCCCCCCCCCCCC(=O)NC(CO)C(O)/C=C/CCCCCCCCCCCCCCCCCCCCCCCCC. The molecule has 0 aliphatic heterocycles. The lowest BCUT2D eigenvalue weighted by atomic mass is 10.0. The van der Waals surface area contributed by atoms with Crippen molar-refractivity contribution in [1.29, 1.82) is 0 Å². The zero-order chi connectivity index (χ0) is 50.0. The van der Waals surface area contributed by atoms with Crippen molar-refractivity contribution < 1.29 is 24.5 Å². The Labute approximate surface area is 431 Å². The molecular weight excluding hydrogens is 851 g/mol. The Morgan fingerprint density at radius 2 is 0.681 bits per heavy atom. The van der Waals surface area contributed by atoms with E-state index in [4.69, 9.17) is 4.74 Å². The molecule has 0 fully saturated rings. The summed E-state index contributed by atoms with van der Waals surface area (Å²) in [5.41, 5.74) is 0. The van der Waals surface area contributed by atoms with Gasteiger partial charge in [-0.1, -0.05) is 295 Å². The molecule has 6 nitrogen and oxygen atoms in total. The minimum Gasteiger partial charge on any atom is -0.466 e. The van der Waals surface area contributed by atoms with Crippen LogP contribution in [0.5, 0.6) is 0 Å². The molecule has 0 heterocycles. The second-order valence-electron chi connectivity index (χ2n) is 21.4. The van der Waals surface area contributed by atoms with Crippen molar-refractivity contribution in [1.82, 2.24) is 5.32 Å². The van der Waals surface area contributed by atoms with Gasteiger partial charge in [-0.2, -0.15) is 0 Å². The summed E-state index contributed by atoms with van der Waals surface area (Å²) < 4.78 is 5.47. The molecule has 0 saturated carbocycles. The highest BCUT2D eigenvalue weighted by Crippen LogP contribution is 2.18. The lowest BCUT2D eigenvalue weighted by Gasteiger charge is -2.20. The van der Waals surface area contributed by atoms with Crippen molar-refractivity contribution in [2.75, 3.05) is 13.2 Å². The second kappa shape index (κ2) is 58.9. The monoisotopic (exact) mass is 972 g/mol. The predicted octanol–water partition coefficient (Wildman–Crippen LogP) is 19.4. The van der Waals surface area contributed by atoms with Crippen LogP contribution in [0.1, 0.15) is 341 Å². The lowest BCUT2D eigenvalue weighted by molar-refractivity contribution is -0.143. The number of allylic oxidation sites excluding steroid dienone is 3. The normalized spacial score (nSPS) is 12.7. The summed E-state index contributed by atoms with van der Waals surface area (Å²) >= 11 is 0. The van der Waals surface area contributed by atoms with Gasteiger partial charge in [0.25, 0.3) is 0 Å². The molecule has 1 amide bonds. The maximum Gasteiger partial charge on any atom is 0.305 e. The Balaban J connectivity index is 3.47. The molecule has 0 aromatic heterocycles. The molecule has 0 aromatic rings. The summed E-state index contributed by atoms with van der Waals surface area (Å²) in [5.74, 6) is -0.0921. The van der Waals surface area contributed by atoms with Gasteiger partial charge in [0.05, 0.1) is 25.4 Å². The van der Waals surface area contributed by atoms with Crippen molar-refractivity contribution >= 4 is 11.9 Å². The summed E-state index contributed by atoms with van der Waals surface area (Å²) in [7, 11) is 0. The Hall–Kier alpha value is -1.66. The van der Waals surface area contributed by atoms with Crippen LogP contribution in [0.4, 0.5) is 0 Å². The minimum atomic E-state index is -0.855. The molecule has 0 bridgehead atoms. The summed E-state index contributed by atoms with van der Waals surface area (Å²) in [6, 6.07) is -0.639. The molecule has 6 heteroatoms. The van der Waals surface area contributed by atoms with Crippen molar-refractivity contribution in [2.45, 2.75) is 353 Å². The molecule has 2 atom stereocenters. The van der Waals surface area contributed by atoms with Crippen LogP contribution in [0.15, 0.2) is 24.3 Å². The first kappa shape index (κ1) is 67.3. The highest BCUT2D eigenvalue weighted by atomic mass is 16.5. The number of nitrogens with one attached hydrogen (secondary N) is 1. The molecule has 0 radical (unpaired) electrons. The summed E-state index contributed by atoms with van der Waals surface area (Å²) in [6.07, 6.45) is 72.1. The van der Waals surface area contributed by atoms with Crippen LogP contribution >= 0.6 is 0 Å². The number of aliphatic hydroxyl groups is 2. The molecule has 69 heavy (non-hydrogen) atoms. The van der Waals surface area contributed by atoms with E-state index in [-0.39, 0.29) is 18.5 Å². The van der Waals surface area contributed by atoms with Gasteiger partial charge in [0.15, 0.2) is 0 Å². The first-order valence-electron chi connectivity index (χ1n) is 31.1. The standard InChI is InChI=1S/C63H121NO5/c1-3-5-7-9-11-13-15-17-19-20-21-22-23-24-25-26-27-28-29-31-35-39-43-47-51-55-61(66)60(59-65)64-62(67)56-52-48-44-40-36-32-30-34-38-42-46-50-54-58-69-63(68)57-53-49-45-41-37-33-18-16-14-12-10-8-6-4-2/h16,18,51,55,60-61,65-66H,3-15,17,19-50,52-54,56-59H2,1-2H3,(H,64,67)/b18-16-,55-51+. The number of carbonyl (C=O) groups excluding carboxylic acids is 2. The smallest absolute Gasteiger partial charge is 0.305 e. The summed E-state index contributed by atoms with van der Waals surface area (Å²) in [6.45, 7) is 4.89. The van der Waals surface area contributed by atoms with Crippen molar-refractivity contribution in [3.8, 4) is 0 Å². The highest BCUT2D eigenvalue weighted by molar-refractivity contribution is 5.76. The molecule has 0 saturated heterocycles. The molecule has 0 aliphatic rings. The Morgan fingerprint density at radius 3 is 1.03 bits per heavy atom. The van der Waals surface area contributed by atoms with Crippen LogP contribution in [0, 0.1) is 0 Å². The molecule has 0 spiro atoms. The molecule has 2 unspecified atom stereocenters. The van der Waals surface area contributed by atoms with E-state index in [1.807, 2.05) is 6.08 Å². The van der Waals surface area contributed by atoms with E-state index in [0.717, 1.165) is 57.8 Å². The van der Waals surface area contributed by atoms with E-state index >= 15 is 0 Å². The number of hydrogen-bond donors (Lipinski definition) is 3. The maximum absolute atomic E-state index is 12.5. The van der Waals surface area contributed by atoms with Crippen LogP contribution in [-0.2, 0) is 14.3 Å². The third kappa shape index (κ3) is 55.5. The fraction of sp³-hybridized carbons (Fsp3) is 0.905. The predicted molar refractivity (Wildman–Crippen MR) is 301 cm³/mol. The van der Waals surface area contributed by atoms with Crippen LogP contribution in [0.25, 0.3) is 0 Å². The molecule has 0 aliphatic carbocycles. The highest BCUT2D eigenvalue weighted by Gasteiger charge is 2.18. The first-order chi connectivity index (χ1) is 34.0. The van der Waals surface area contributed by atoms with Crippen molar-refractivity contribution in [2.24, 2.45) is 0 Å². The van der Waals surface area contributed by atoms with E-state index in [1.165, 1.54) is 257 Å². The Kier molecular flexibility index (Phi) is 57.5. The van der Waals surface area contributed by atoms with E-state index in [0.29, 0.717) is 19.4 Å². The molecule has 3 N–H and O–H groups in total. The molecule has 0 rings (SSSR count). The Morgan fingerprint density at radius 1 is 0.391 bits per heavy atom. The molecule has 408 valence electrons. The average molecular weight is 973 g/mol. The number of esters is 1. The van der Waals surface area contributed by atoms with Gasteiger partial charge in [0, 0.05) is 12.8 Å². The van der Waals surface area contributed by atoms with Gasteiger partial charge in [0.1, 0.15) is 0 Å². The number of aliphatic hydroxyl groups excluding tert-OH is 2. The van der Waals surface area contributed by atoms with Crippen LogP contribution in [0.3, 0.4) is 0 Å². The van der Waals surface area contributed by atoms with Gasteiger partial charge in [0.2, 0.25) is 5.91 Å². The molecular formula is C63H121NO5. The number of ether oxygens (including phenoxy) is 1. The van der Waals surface area contributed by atoms with Gasteiger partial charge in [-0.15, -0.1) is 0 Å². The number of rotatable bonds is 58. The zero-order valence-electron chi connectivity index (χ0n) is 46.6. The van der Waals surface area contributed by atoms with Gasteiger partial charge >= 0.3 is 5.97 Å². The first-order valence-corrected chi connectivity index (χ1v) is 31.1. The van der Waals surface area contributed by atoms with E-state index < -0.39 is 12.1 Å². The third-order valence-electron chi connectivity index (χ3n) is 14.5. The maximum atomic E-state index is 12.5. The second-order valence-corrected chi connectivity index (χ2v) is 21.4. The van der Waals surface area contributed by atoms with Crippen LogP contribution in [0.2, 0.25) is 0 Å². The van der Waals surface area contributed by atoms with E-state index in [9.17, 15) is 19.8 Å². The number of amides is 1. The topological polar surface area (TPSA) is 95.9 Å². The van der Waals surface area contributed by atoms with Crippen molar-refractivity contribution in [3.63, 3.8) is 0 Å². The summed E-state index contributed by atoms with van der Waals surface area (Å²) in [5, 5.41) is 23.2. The van der Waals surface area contributed by atoms with E-state index in [1.54, 1.807) is 6.08 Å². The number of carbonyl (C=O) groups is 2.